The van der Waals surface area contributed by atoms with E-state index in [0.29, 0.717) is 0 Å². The fourth-order valence-corrected chi connectivity index (χ4v) is 2.80. The standard InChI is InChI=1S/C15H25BrN2/c1-4-12(5-2)10-18(6-3)11-13-7-14(16)9-15(17)8-13/h7-9,12H,4-6,10-11,17H2,1-3H3. The van der Waals surface area contributed by atoms with E-state index in [9.17, 15) is 0 Å². The van der Waals surface area contributed by atoms with Gasteiger partial charge in [-0.25, -0.2) is 0 Å². The summed E-state index contributed by atoms with van der Waals surface area (Å²) in [5, 5.41) is 0. The van der Waals surface area contributed by atoms with Gasteiger partial charge in [-0.05, 0) is 36.2 Å². The summed E-state index contributed by atoms with van der Waals surface area (Å²) in [5.74, 6) is 0.800. The minimum atomic E-state index is 0.800. The molecule has 0 atom stereocenters. The summed E-state index contributed by atoms with van der Waals surface area (Å²) >= 11 is 3.50. The Balaban J connectivity index is 2.67. The van der Waals surface area contributed by atoms with Crippen molar-refractivity contribution < 1.29 is 0 Å². The van der Waals surface area contributed by atoms with Crippen LogP contribution in [0, 0.1) is 5.92 Å². The number of hydrogen-bond donors (Lipinski definition) is 1. The van der Waals surface area contributed by atoms with Crippen LogP contribution in [0.4, 0.5) is 5.69 Å². The molecule has 0 radical (unpaired) electrons. The smallest absolute Gasteiger partial charge is 0.0328 e. The largest absolute Gasteiger partial charge is 0.399 e. The summed E-state index contributed by atoms with van der Waals surface area (Å²) in [6, 6.07) is 6.17. The van der Waals surface area contributed by atoms with Gasteiger partial charge in [0.2, 0.25) is 0 Å². The fourth-order valence-electron chi connectivity index (χ4n) is 2.24. The third kappa shape index (κ3) is 4.99. The number of halogens is 1. The van der Waals surface area contributed by atoms with Gasteiger partial charge in [0.15, 0.2) is 0 Å². The third-order valence-electron chi connectivity index (χ3n) is 3.50. The molecular weight excluding hydrogens is 288 g/mol. The molecule has 0 bridgehead atoms. The lowest BCUT2D eigenvalue weighted by Gasteiger charge is -2.25. The first-order valence-corrected chi connectivity index (χ1v) is 7.65. The van der Waals surface area contributed by atoms with Gasteiger partial charge >= 0.3 is 0 Å². The molecule has 0 aliphatic heterocycles. The molecular formula is C15H25BrN2. The summed E-state index contributed by atoms with van der Waals surface area (Å²) in [7, 11) is 0. The van der Waals surface area contributed by atoms with Crippen LogP contribution in [0.5, 0.6) is 0 Å². The van der Waals surface area contributed by atoms with Gasteiger partial charge in [0.1, 0.15) is 0 Å². The lowest BCUT2D eigenvalue weighted by molar-refractivity contribution is 0.226. The topological polar surface area (TPSA) is 29.3 Å². The number of benzene rings is 1. The Morgan fingerprint density at radius 1 is 1.17 bits per heavy atom. The van der Waals surface area contributed by atoms with E-state index in [-0.39, 0.29) is 0 Å². The summed E-state index contributed by atoms with van der Waals surface area (Å²) in [6.07, 6.45) is 2.52. The van der Waals surface area contributed by atoms with Gasteiger partial charge in [0.05, 0.1) is 0 Å². The number of nitrogen functional groups attached to an aromatic ring is 1. The molecule has 0 spiro atoms. The number of nitrogens with zero attached hydrogens (tertiary/aromatic N) is 1. The molecule has 0 aliphatic carbocycles. The highest BCUT2D eigenvalue weighted by Crippen LogP contribution is 2.19. The Labute approximate surface area is 120 Å². The third-order valence-corrected chi connectivity index (χ3v) is 3.96. The van der Waals surface area contributed by atoms with Crippen LogP contribution in [0.25, 0.3) is 0 Å². The maximum atomic E-state index is 5.88. The van der Waals surface area contributed by atoms with E-state index in [1.165, 1.54) is 24.9 Å². The molecule has 0 aliphatic rings. The monoisotopic (exact) mass is 312 g/mol. The normalized spacial score (nSPS) is 11.4. The van der Waals surface area contributed by atoms with Crippen LogP contribution in [0.2, 0.25) is 0 Å². The molecule has 1 aromatic rings. The predicted octanol–water partition coefficient (Wildman–Crippen LogP) is 4.29. The Kier molecular flexibility index (Phi) is 6.72. The highest BCUT2D eigenvalue weighted by atomic mass is 79.9. The van der Waals surface area contributed by atoms with Gasteiger partial charge in [0, 0.05) is 23.2 Å². The second-order valence-corrected chi connectivity index (χ2v) is 5.82. The summed E-state index contributed by atoms with van der Waals surface area (Å²) in [6.45, 7) is 10.0. The van der Waals surface area contributed by atoms with Crippen molar-refractivity contribution in [2.75, 3.05) is 18.8 Å². The second-order valence-electron chi connectivity index (χ2n) is 4.90. The van der Waals surface area contributed by atoms with Gasteiger partial charge in [-0.3, -0.25) is 4.90 Å². The van der Waals surface area contributed by atoms with Crippen molar-refractivity contribution in [1.29, 1.82) is 0 Å². The summed E-state index contributed by atoms with van der Waals surface area (Å²) in [5.41, 5.74) is 8.00. The minimum Gasteiger partial charge on any atom is -0.399 e. The quantitative estimate of drug-likeness (QED) is 0.761. The van der Waals surface area contributed by atoms with Crippen LogP contribution >= 0.6 is 15.9 Å². The number of anilines is 1. The zero-order valence-corrected chi connectivity index (χ0v) is 13.3. The van der Waals surface area contributed by atoms with Crippen molar-refractivity contribution in [1.82, 2.24) is 4.90 Å². The van der Waals surface area contributed by atoms with Crippen LogP contribution in [-0.4, -0.2) is 18.0 Å². The van der Waals surface area contributed by atoms with Crippen molar-refractivity contribution in [2.24, 2.45) is 5.92 Å². The molecule has 3 heteroatoms. The van der Waals surface area contributed by atoms with Crippen LogP contribution in [0.15, 0.2) is 22.7 Å². The van der Waals surface area contributed by atoms with E-state index < -0.39 is 0 Å². The molecule has 0 fully saturated rings. The van der Waals surface area contributed by atoms with Gasteiger partial charge in [-0.1, -0.05) is 49.5 Å². The Morgan fingerprint density at radius 2 is 1.83 bits per heavy atom. The summed E-state index contributed by atoms with van der Waals surface area (Å²) in [4.78, 5) is 2.50. The zero-order chi connectivity index (χ0) is 13.5. The molecule has 0 heterocycles. The summed E-state index contributed by atoms with van der Waals surface area (Å²) < 4.78 is 1.07. The Morgan fingerprint density at radius 3 is 2.33 bits per heavy atom. The highest BCUT2D eigenvalue weighted by Gasteiger charge is 2.10. The van der Waals surface area contributed by atoms with Crippen LogP contribution < -0.4 is 5.73 Å². The second kappa shape index (κ2) is 7.80. The Bertz CT molecular complexity index is 341. The molecule has 2 N–H and O–H groups in total. The first-order valence-electron chi connectivity index (χ1n) is 6.86. The van der Waals surface area contributed by atoms with Crippen molar-refractivity contribution >= 4 is 21.6 Å². The lowest BCUT2D eigenvalue weighted by Crippen LogP contribution is -2.28. The predicted molar refractivity (Wildman–Crippen MR) is 83.6 cm³/mol. The minimum absolute atomic E-state index is 0.800. The molecule has 0 unspecified atom stereocenters. The fraction of sp³-hybridized carbons (Fsp3) is 0.600. The van der Waals surface area contributed by atoms with Crippen molar-refractivity contribution in [3.05, 3.63) is 28.2 Å². The SMILES string of the molecule is CCC(CC)CN(CC)Cc1cc(N)cc(Br)c1. The zero-order valence-electron chi connectivity index (χ0n) is 11.7. The van der Waals surface area contributed by atoms with Crippen molar-refractivity contribution in [2.45, 2.75) is 40.2 Å². The molecule has 0 aromatic heterocycles. The van der Waals surface area contributed by atoms with Crippen LogP contribution in [0.1, 0.15) is 39.2 Å². The van der Waals surface area contributed by atoms with Gasteiger partial charge in [-0.2, -0.15) is 0 Å². The van der Waals surface area contributed by atoms with Gasteiger partial charge in [-0.15, -0.1) is 0 Å². The molecule has 18 heavy (non-hydrogen) atoms. The van der Waals surface area contributed by atoms with E-state index in [1.807, 2.05) is 6.07 Å². The first kappa shape index (κ1) is 15.5. The van der Waals surface area contributed by atoms with Crippen LogP contribution in [0.3, 0.4) is 0 Å². The Hall–Kier alpha value is -0.540. The molecule has 1 rings (SSSR count). The van der Waals surface area contributed by atoms with Crippen molar-refractivity contribution in [3.8, 4) is 0 Å². The molecule has 0 amide bonds. The van der Waals surface area contributed by atoms with E-state index in [2.05, 4.69) is 53.7 Å². The molecule has 0 saturated heterocycles. The molecule has 0 saturated carbocycles. The highest BCUT2D eigenvalue weighted by molar-refractivity contribution is 9.10. The maximum Gasteiger partial charge on any atom is 0.0328 e. The maximum absolute atomic E-state index is 5.88. The lowest BCUT2D eigenvalue weighted by atomic mass is 10.0. The average Bonchev–Trinajstić information content (AvgIpc) is 2.33. The van der Waals surface area contributed by atoms with E-state index in [1.54, 1.807) is 0 Å². The average molecular weight is 313 g/mol. The van der Waals surface area contributed by atoms with E-state index >= 15 is 0 Å². The van der Waals surface area contributed by atoms with Crippen LogP contribution in [-0.2, 0) is 6.54 Å². The number of rotatable bonds is 7. The molecule has 2 nitrogen and oxygen atoms in total. The van der Waals surface area contributed by atoms with Crippen molar-refractivity contribution in [3.63, 3.8) is 0 Å². The first-order chi connectivity index (χ1) is 8.58. The number of hydrogen-bond acceptors (Lipinski definition) is 2. The van der Waals surface area contributed by atoms with E-state index in [4.69, 9.17) is 5.73 Å². The van der Waals surface area contributed by atoms with Gasteiger partial charge in [0.25, 0.3) is 0 Å². The molecule has 102 valence electrons. The molecule has 1 aromatic carbocycles. The van der Waals surface area contributed by atoms with E-state index in [0.717, 1.165) is 29.2 Å². The van der Waals surface area contributed by atoms with Gasteiger partial charge < -0.3 is 5.73 Å². The number of nitrogens with two attached hydrogens (primary N) is 1.